The fourth-order valence-corrected chi connectivity index (χ4v) is 1.09. The van der Waals surface area contributed by atoms with E-state index < -0.39 is 0 Å². The van der Waals surface area contributed by atoms with Crippen molar-refractivity contribution in [2.75, 3.05) is 20.0 Å². The Hall–Kier alpha value is 0.250. The molecule has 0 rings (SSSR count). The molecule has 11 heavy (non-hydrogen) atoms. The molecule has 0 fully saturated rings. The lowest BCUT2D eigenvalue weighted by Crippen LogP contribution is -2.06. The van der Waals surface area contributed by atoms with Crippen LogP contribution in [0.25, 0.3) is 0 Å². The highest BCUT2D eigenvalue weighted by molar-refractivity contribution is 6.63. The maximum Gasteiger partial charge on any atom is 0.244 e. The lowest BCUT2D eigenvalue weighted by molar-refractivity contribution is -0.463. The Kier molecular flexibility index (Phi) is 7.09. The van der Waals surface area contributed by atoms with Gasteiger partial charge in [0, 0.05) is 12.3 Å². The first-order chi connectivity index (χ1) is 5.18. The molecule has 0 saturated carbocycles. The zero-order valence-corrected chi connectivity index (χ0v) is 8.75. The van der Waals surface area contributed by atoms with Gasteiger partial charge in [0.15, 0.2) is 0 Å². The van der Waals surface area contributed by atoms with E-state index in [4.69, 9.17) is 23.2 Å². The van der Waals surface area contributed by atoms with Gasteiger partial charge < -0.3 is 0 Å². The number of halogens is 2. The lowest BCUT2D eigenvalue weighted by Gasteiger charge is -1.95. The topological polar surface area (TPSA) is 3.01 Å². The van der Waals surface area contributed by atoms with E-state index in [9.17, 15) is 0 Å². The average Bonchev–Trinajstić information content (AvgIpc) is 1.97. The van der Waals surface area contributed by atoms with Gasteiger partial charge in [-0.15, -0.1) is 11.6 Å². The van der Waals surface area contributed by atoms with Crippen LogP contribution < -0.4 is 0 Å². The first kappa shape index (κ1) is 11.2. The van der Waals surface area contributed by atoms with Gasteiger partial charge in [-0.1, -0.05) is 6.42 Å². The summed E-state index contributed by atoms with van der Waals surface area (Å²) in [6.45, 7) is 0. The van der Waals surface area contributed by atoms with Crippen LogP contribution in [0.4, 0.5) is 0 Å². The normalized spacial score (nSPS) is 9.82. The lowest BCUT2D eigenvalue weighted by atomic mass is 10.2. The molecule has 0 bridgehead atoms. The number of alkyl halides is 1. The molecule has 0 aromatic carbocycles. The van der Waals surface area contributed by atoms with Gasteiger partial charge in [0.05, 0.1) is 0 Å². The fourth-order valence-electron chi connectivity index (χ4n) is 0.766. The van der Waals surface area contributed by atoms with Crippen LogP contribution in [0.1, 0.15) is 25.7 Å². The molecule has 0 unspecified atom stereocenters. The van der Waals surface area contributed by atoms with Crippen molar-refractivity contribution in [3.63, 3.8) is 0 Å². The molecule has 0 aliphatic rings. The van der Waals surface area contributed by atoms with E-state index in [1.165, 1.54) is 6.42 Å². The number of hydrogen-bond acceptors (Lipinski definition) is 0. The molecule has 66 valence electrons. The molecule has 0 heterocycles. The minimum Gasteiger partial charge on any atom is -0.229 e. The molecule has 0 spiro atoms. The molecular formula is C8H16Cl2N+. The molecule has 0 radical (unpaired) electrons. The van der Waals surface area contributed by atoms with Crippen molar-refractivity contribution in [1.29, 1.82) is 0 Å². The van der Waals surface area contributed by atoms with Gasteiger partial charge in [-0.2, -0.15) is 0 Å². The number of rotatable bonds is 5. The monoisotopic (exact) mass is 196 g/mol. The number of hydrogen-bond donors (Lipinski definition) is 0. The Balaban J connectivity index is 3.32. The number of unbranched alkanes of at least 4 members (excludes halogenated alkanes) is 2. The summed E-state index contributed by atoms with van der Waals surface area (Å²) in [5.74, 6) is 0.763. The average molecular weight is 197 g/mol. The van der Waals surface area contributed by atoms with E-state index in [0.717, 1.165) is 30.3 Å². The van der Waals surface area contributed by atoms with Crippen molar-refractivity contribution >= 4 is 28.4 Å². The smallest absolute Gasteiger partial charge is 0.229 e. The van der Waals surface area contributed by atoms with Gasteiger partial charge in [0.1, 0.15) is 14.1 Å². The van der Waals surface area contributed by atoms with E-state index in [1.54, 1.807) is 0 Å². The summed E-state index contributed by atoms with van der Waals surface area (Å²) >= 11 is 11.4. The molecule has 0 N–H and O–H groups in total. The molecular weight excluding hydrogens is 181 g/mol. The highest BCUT2D eigenvalue weighted by atomic mass is 35.5. The molecule has 0 atom stereocenters. The number of nitrogens with zero attached hydrogens (tertiary/aromatic N) is 1. The van der Waals surface area contributed by atoms with Crippen LogP contribution in [-0.4, -0.2) is 29.7 Å². The summed E-state index contributed by atoms with van der Waals surface area (Å²) in [5, 5.41) is 0.930. The zero-order chi connectivity index (χ0) is 8.69. The second-order valence-electron chi connectivity index (χ2n) is 2.77. The molecule has 0 aromatic rings. The summed E-state index contributed by atoms with van der Waals surface area (Å²) < 4.78 is 1.95. The van der Waals surface area contributed by atoms with Crippen molar-refractivity contribution in [2.45, 2.75) is 25.7 Å². The summed E-state index contributed by atoms with van der Waals surface area (Å²) in [4.78, 5) is 0. The van der Waals surface area contributed by atoms with Crippen LogP contribution >= 0.6 is 23.2 Å². The van der Waals surface area contributed by atoms with Gasteiger partial charge >= 0.3 is 0 Å². The highest BCUT2D eigenvalue weighted by Crippen LogP contribution is 2.03. The quantitative estimate of drug-likeness (QED) is 0.276. The molecule has 0 aromatic heterocycles. The molecule has 0 aliphatic heterocycles. The van der Waals surface area contributed by atoms with E-state index in [0.29, 0.717) is 0 Å². The Bertz CT molecular complexity index is 128. The van der Waals surface area contributed by atoms with E-state index in [1.807, 2.05) is 18.7 Å². The van der Waals surface area contributed by atoms with Gasteiger partial charge in [-0.05, 0) is 24.4 Å². The second kappa shape index (κ2) is 6.93. The summed E-state index contributed by atoms with van der Waals surface area (Å²) in [6.07, 6.45) is 4.39. The largest absolute Gasteiger partial charge is 0.244 e. The van der Waals surface area contributed by atoms with Crippen molar-refractivity contribution in [1.82, 2.24) is 0 Å². The first-order valence-corrected chi connectivity index (χ1v) is 4.84. The van der Waals surface area contributed by atoms with Gasteiger partial charge in [0.2, 0.25) is 5.17 Å². The van der Waals surface area contributed by atoms with Crippen LogP contribution in [0.2, 0.25) is 0 Å². The predicted octanol–water partition coefficient (Wildman–Crippen LogP) is 2.70. The molecule has 0 amide bonds. The first-order valence-electron chi connectivity index (χ1n) is 3.93. The minimum absolute atomic E-state index is 0.763. The second-order valence-corrected chi connectivity index (χ2v) is 3.58. The van der Waals surface area contributed by atoms with Crippen LogP contribution in [0, 0.1) is 0 Å². The summed E-state index contributed by atoms with van der Waals surface area (Å²) in [5.41, 5.74) is 0. The maximum atomic E-state index is 5.90. The van der Waals surface area contributed by atoms with Gasteiger partial charge in [-0.25, -0.2) is 4.58 Å². The van der Waals surface area contributed by atoms with Crippen molar-refractivity contribution < 1.29 is 4.58 Å². The van der Waals surface area contributed by atoms with Gasteiger partial charge in [0.25, 0.3) is 0 Å². The third-order valence-electron chi connectivity index (χ3n) is 1.50. The third kappa shape index (κ3) is 6.64. The van der Waals surface area contributed by atoms with Crippen molar-refractivity contribution in [3.8, 4) is 0 Å². The fraction of sp³-hybridized carbons (Fsp3) is 0.875. The van der Waals surface area contributed by atoms with E-state index >= 15 is 0 Å². The van der Waals surface area contributed by atoms with E-state index in [-0.39, 0.29) is 0 Å². The van der Waals surface area contributed by atoms with Gasteiger partial charge in [-0.3, -0.25) is 0 Å². The van der Waals surface area contributed by atoms with Crippen LogP contribution in [0.5, 0.6) is 0 Å². The van der Waals surface area contributed by atoms with Crippen LogP contribution in [0.15, 0.2) is 0 Å². The predicted molar refractivity (Wildman–Crippen MR) is 52.2 cm³/mol. The van der Waals surface area contributed by atoms with Crippen molar-refractivity contribution in [3.05, 3.63) is 0 Å². The Morgan fingerprint density at radius 3 is 2.27 bits per heavy atom. The SMILES string of the molecule is C[N+](C)=C(Cl)CCCCCCl. The minimum atomic E-state index is 0.763. The van der Waals surface area contributed by atoms with Crippen molar-refractivity contribution in [2.24, 2.45) is 0 Å². The Labute approximate surface area is 79.0 Å². The zero-order valence-electron chi connectivity index (χ0n) is 7.24. The van der Waals surface area contributed by atoms with E-state index in [2.05, 4.69) is 0 Å². The molecule has 1 nitrogen and oxygen atoms in total. The van der Waals surface area contributed by atoms with Crippen LogP contribution in [0.3, 0.4) is 0 Å². The highest BCUT2D eigenvalue weighted by Gasteiger charge is 2.01. The third-order valence-corrected chi connectivity index (χ3v) is 2.30. The maximum absolute atomic E-state index is 5.90. The molecule has 0 aliphatic carbocycles. The summed E-state index contributed by atoms with van der Waals surface area (Å²) in [6, 6.07) is 0. The summed E-state index contributed by atoms with van der Waals surface area (Å²) in [7, 11) is 3.92. The standard InChI is InChI=1S/C8H16Cl2N/c1-11(2)8(10)6-4-3-5-7-9/h3-7H2,1-2H3/q+1. The van der Waals surface area contributed by atoms with Crippen LogP contribution in [-0.2, 0) is 0 Å². The Morgan fingerprint density at radius 1 is 1.18 bits per heavy atom. The molecule has 3 heteroatoms. The molecule has 0 saturated heterocycles. The Morgan fingerprint density at radius 2 is 1.82 bits per heavy atom.